The number of hydrogen-bond acceptors (Lipinski definition) is 4. The van der Waals surface area contributed by atoms with Gasteiger partial charge in [-0.2, -0.15) is 5.10 Å². The van der Waals surface area contributed by atoms with E-state index in [1.807, 2.05) is 19.0 Å². The molecule has 0 aliphatic carbocycles. The van der Waals surface area contributed by atoms with Crippen LogP contribution in [0.5, 0.6) is 0 Å². The third-order valence-corrected chi connectivity index (χ3v) is 3.31. The normalized spacial score (nSPS) is 11.1. The monoisotopic (exact) mass is 340 g/mol. The molecule has 0 spiro atoms. The lowest BCUT2D eigenvalue weighted by molar-refractivity contribution is 0.102. The SMILES string of the molecule is CN(C)CCn1ncc(Br)c1C(=O)c1ccc(F)cn1. The molecule has 0 saturated heterocycles. The molecule has 2 heterocycles. The fraction of sp³-hybridized carbons (Fsp3) is 0.308. The summed E-state index contributed by atoms with van der Waals surface area (Å²) in [4.78, 5) is 18.2. The summed E-state index contributed by atoms with van der Waals surface area (Å²) in [6, 6.07) is 2.59. The number of nitrogens with zero attached hydrogens (tertiary/aromatic N) is 4. The average Bonchev–Trinajstić information content (AvgIpc) is 2.77. The summed E-state index contributed by atoms with van der Waals surface area (Å²) < 4.78 is 15.1. The Morgan fingerprint density at radius 1 is 1.40 bits per heavy atom. The van der Waals surface area contributed by atoms with Crippen molar-refractivity contribution >= 4 is 21.7 Å². The third-order valence-electron chi connectivity index (χ3n) is 2.73. The van der Waals surface area contributed by atoms with Crippen LogP contribution in [0, 0.1) is 5.82 Å². The number of halogens is 2. The second-order valence-corrected chi connectivity index (χ2v) is 5.41. The molecule has 0 unspecified atom stereocenters. The maximum Gasteiger partial charge on any atom is 0.230 e. The molecular weight excluding hydrogens is 327 g/mol. The minimum Gasteiger partial charge on any atom is -0.308 e. The van der Waals surface area contributed by atoms with Crippen molar-refractivity contribution in [1.82, 2.24) is 19.7 Å². The highest BCUT2D eigenvalue weighted by atomic mass is 79.9. The van der Waals surface area contributed by atoms with Gasteiger partial charge >= 0.3 is 0 Å². The summed E-state index contributed by atoms with van der Waals surface area (Å²) >= 11 is 3.32. The minimum atomic E-state index is -0.471. The Hall–Kier alpha value is -1.60. The van der Waals surface area contributed by atoms with E-state index in [-0.39, 0.29) is 11.5 Å². The van der Waals surface area contributed by atoms with E-state index in [2.05, 4.69) is 26.0 Å². The van der Waals surface area contributed by atoms with Crippen molar-refractivity contribution in [2.45, 2.75) is 6.54 Å². The predicted molar refractivity (Wildman–Crippen MR) is 76.1 cm³/mol. The molecule has 0 aliphatic heterocycles. The molecule has 0 aliphatic rings. The molecule has 20 heavy (non-hydrogen) atoms. The fourth-order valence-electron chi connectivity index (χ4n) is 1.68. The molecule has 0 radical (unpaired) electrons. The lowest BCUT2D eigenvalue weighted by atomic mass is 10.2. The van der Waals surface area contributed by atoms with E-state index in [1.54, 1.807) is 10.9 Å². The largest absolute Gasteiger partial charge is 0.308 e. The molecule has 7 heteroatoms. The van der Waals surface area contributed by atoms with Crippen LogP contribution in [0.2, 0.25) is 0 Å². The number of aromatic nitrogens is 3. The summed E-state index contributed by atoms with van der Waals surface area (Å²) in [5.41, 5.74) is 0.615. The standard InChI is InChI=1S/C13H14BrFN4O/c1-18(2)5-6-19-12(10(14)8-17-19)13(20)11-4-3-9(15)7-16-11/h3-4,7-8H,5-6H2,1-2H3. The lowest BCUT2D eigenvalue weighted by Gasteiger charge is -2.11. The maximum absolute atomic E-state index is 12.9. The van der Waals surface area contributed by atoms with Crippen LogP contribution in [0.4, 0.5) is 4.39 Å². The van der Waals surface area contributed by atoms with Gasteiger partial charge in [-0.15, -0.1) is 0 Å². The highest BCUT2D eigenvalue weighted by Gasteiger charge is 2.20. The molecule has 0 saturated carbocycles. The van der Waals surface area contributed by atoms with Crippen molar-refractivity contribution in [1.29, 1.82) is 0 Å². The van der Waals surface area contributed by atoms with Crippen molar-refractivity contribution in [2.75, 3.05) is 20.6 Å². The molecule has 5 nitrogen and oxygen atoms in total. The van der Waals surface area contributed by atoms with E-state index < -0.39 is 5.82 Å². The van der Waals surface area contributed by atoms with Gasteiger partial charge < -0.3 is 4.90 Å². The Balaban J connectivity index is 2.29. The molecule has 2 rings (SSSR count). The highest BCUT2D eigenvalue weighted by Crippen LogP contribution is 2.19. The van der Waals surface area contributed by atoms with Crippen LogP contribution in [0.1, 0.15) is 16.2 Å². The molecule has 0 bridgehead atoms. The van der Waals surface area contributed by atoms with Gasteiger partial charge in [0.2, 0.25) is 5.78 Å². The van der Waals surface area contributed by atoms with E-state index in [4.69, 9.17) is 0 Å². The van der Waals surface area contributed by atoms with Crippen molar-refractivity contribution in [3.05, 3.63) is 46.2 Å². The summed E-state index contributed by atoms with van der Waals surface area (Å²) in [6.45, 7) is 1.34. The predicted octanol–water partition coefficient (Wildman–Crippen LogP) is 1.97. The Morgan fingerprint density at radius 2 is 2.15 bits per heavy atom. The average molecular weight is 341 g/mol. The smallest absolute Gasteiger partial charge is 0.230 e. The van der Waals surface area contributed by atoms with E-state index in [1.165, 1.54) is 12.1 Å². The van der Waals surface area contributed by atoms with Gasteiger partial charge in [0.25, 0.3) is 0 Å². The first kappa shape index (κ1) is 14.8. The molecule has 0 fully saturated rings. The van der Waals surface area contributed by atoms with Gasteiger partial charge in [-0.1, -0.05) is 0 Å². The number of likely N-dealkylation sites (N-methyl/N-ethyl adjacent to an activating group) is 1. The summed E-state index contributed by atoms with van der Waals surface area (Å²) in [5, 5.41) is 4.17. The molecule has 2 aromatic rings. The number of carbonyl (C=O) groups is 1. The first-order valence-corrected chi connectivity index (χ1v) is 6.80. The fourth-order valence-corrected chi connectivity index (χ4v) is 2.16. The zero-order valence-electron chi connectivity index (χ0n) is 11.2. The topological polar surface area (TPSA) is 51.0 Å². The Labute approximate surface area is 124 Å². The summed E-state index contributed by atoms with van der Waals surface area (Å²) in [5.74, 6) is -0.755. The van der Waals surface area contributed by atoms with Gasteiger partial charge in [0.15, 0.2) is 0 Å². The van der Waals surface area contributed by atoms with Gasteiger partial charge in [-0.05, 0) is 42.2 Å². The van der Waals surface area contributed by atoms with E-state index in [9.17, 15) is 9.18 Å². The van der Waals surface area contributed by atoms with Crippen molar-refractivity contribution in [2.24, 2.45) is 0 Å². The van der Waals surface area contributed by atoms with Crippen molar-refractivity contribution in [3.8, 4) is 0 Å². The van der Waals surface area contributed by atoms with Crippen LogP contribution in [-0.4, -0.2) is 46.1 Å². The summed E-state index contributed by atoms with van der Waals surface area (Å²) in [6.07, 6.45) is 2.61. The second-order valence-electron chi connectivity index (χ2n) is 4.56. The van der Waals surface area contributed by atoms with Crippen LogP contribution < -0.4 is 0 Å². The van der Waals surface area contributed by atoms with Gasteiger partial charge in [0, 0.05) is 6.54 Å². The van der Waals surface area contributed by atoms with Gasteiger partial charge in [-0.25, -0.2) is 9.37 Å². The Morgan fingerprint density at radius 3 is 2.75 bits per heavy atom. The van der Waals surface area contributed by atoms with Crippen LogP contribution in [0.15, 0.2) is 29.0 Å². The number of rotatable bonds is 5. The quantitative estimate of drug-likeness (QED) is 0.781. The highest BCUT2D eigenvalue weighted by molar-refractivity contribution is 9.10. The van der Waals surface area contributed by atoms with Crippen molar-refractivity contribution < 1.29 is 9.18 Å². The number of carbonyl (C=O) groups excluding carboxylic acids is 1. The molecule has 0 aromatic carbocycles. The zero-order valence-corrected chi connectivity index (χ0v) is 12.8. The molecule has 2 aromatic heterocycles. The number of ketones is 1. The van der Waals surface area contributed by atoms with Crippen LogP contribution in [0.25, 0.3) is 0 Å². The van der Waals surface area contributed by atoms with Crippen molar-refractivity contribution in [3.63, 3.8) is 0 Å². The molecule has 0 N–H and O–H groups in total. The minimum absolute atomic E-state index is 0.193. The summed E-state index contributed by atoms with van der Waals surface area (Å²) in [7, 11) is 3.89. The lowest BCUT2D eigenvalue weighted by Crippen LogP contribution is -2.22. The molecule has 0 atom stereocenters. The Kier molecular flexibility index (Phi) is 4.61. The first-order chi connectivity index (χ1) is 9.49. The van der Waals surface area contributed by atoms with E-state index >= 15 is 0 Å². The Bertz CT molecular complexity index is 609. The molecular formula is C13H14BrFN4O. The number of pyridine rings is 1. The number of hydrogen-bond donors (Lipinski definition) is 0. The van der Waals surface area contributed by atoms with Gasteiger partial charge in [0.1, 0.15) is 17.2 Å². The van der Waals surface area contributed by atoms with Crippen LogP contribution in [-0.2, 0) is 6.54 Å². The van der Waals surface area contributed by atoms with Crippen LogP contribution >= 0.6 is 15.9 Å². The maximum atomic E-state index is 12.9. The van der Waals surface area contributed by atoms with E-state index in [0.717, 1.165) is 12.7 Å². The third kappa shape index (κ3) is 3.29. The van der Waals surface area contributed by atoms with Gasteiger partial charge in [0.05, 0.1) is 23.4 Å². The van der Waals surface area contributed by atoms with Gasteiger partial charge in [-0.3, -0.25) is 9.48 Å². The first-order valence-electron chi connectivity index (χ1n) is 6.01. The van der Waals surface area contributed by atoms with Crippen LogP contribution in [0.3, 0.4) is 0 Å². The molecule has 0 amide bonds. The van der Waals surface area contributed by atoms with E-state index in [0.29, 0.717) is 16.7 Å². The second kappa shape index (κ2) is 6.23. The zero-order chi connectivity index (χ0) is 14.7. The molecule has 106 valence electrons.